The van der Waals surface area contributed by atoms with Crippen molar-refractivity contribution in [3.8, 4) is 0 Å². The summed E-state index contributed by atoms with van der Waals surface area (Å²) in [5, 5.41) is 0.367. The molecule has 0 amide bonds. The molecular weight excluding hydrogens is 306 g/mol. The molecule has 3 nitrogen and oxygen atoms in total. The van der Waals surface area contributed by atoms with Gasteiger partial charge in [0.15, 0.2) is 5.15 Å². The number of nitrogens with zero attached hydrogens (tertiary/aromatic N) is 2. The standard InChI is InChI=1S/C19H16ClN3/c1-13-8-10-14(11-9-13)18(15-5-2-3-6-16(15)21)23-17-7-4-12-22-19(17)20/h2-12H,21H2,1H3/b23-18-. The molecule has 4 heteroatoms. The van der Waals surface area contributed by atoms with Gasteiger partial charge in [0.05, 0.1) is 5.71 Å². The van der Waals surface area contributed by atoms with Gasteiger partial charge in [0.25, 0.3) is 0 Å². The normalized spacial score (nSPS) is 11.5. The van der Waals surface area contributed by atoms with Crippen molar-refractivity contribution >= 4 is 28.7 Å². The van der Waals surface area contributed by atoms with Gasteiger partial charge in [-0.2, -0.15) is 0 Å². The molecule has 0 aliphatic carbocycles. The van der Waals surface area contributed by atoms with Crippen LogP contribution in [0.4, 0.5) is 11.4 Å². The van der Waals surface area contributed by atoms with Crippen molar-refractivity contribution < 1.29 is 0 Å². The third-order valence-corrected chi connectivity index (χ3v) is 3.80. The van der Waals surface area contributed by atoms with Crippen molar-refractivity contribution in [1.82, 2.24) is 4.98 Å². The first-order valence-corrected chi connectivity index (χ1v) is 7.64. The zero-order valence-electron chi connectivity index (χ0n) is 12.7. The number of aliphatic imine (C=N–C) groups is 1. The summed E-state index contributed by atoms with van der Waals surface area (Å²) in [6, 6.07) is 19.5. The van der Waals surface area contributed by atoms with E-state index in [0.717, 1.165) is 16.8 Å². The predicted octanol–water partition coefficient (Wildman–Crippen LogP) is 4.79. The highest BCUT2D eigenvalue weighted by molar-refractivity contribution is 6.32. The number of benzene rings is 2. The Morgan fingerprint density at radius 3 is 2.43 bits per heavy atom. The minimum Gasteiger partial charge on any atom is -0.398 e. The maximum Gasteiger partial charge on any atom is 0.154 e. The molecule has 114 valence electrons. The Labute approximate surface area is 140 Å². The topological polar surface area (TPSA) is 51.3 Å². The summed E-state index contributed by atoms with van der Waals surface area (Å²) in [6.45, 7) is 2.05. The molecule has 0 radical (unpaired) electrons. The van der Waals surface area contributed by atoms with E-state index in [1.807, 2.05) is 48.5 Å². The van der Waals surface area contributed by atoms with Crippen LogP contribution in [0, 0.1) is 6.92 Å². The first kappa shape index (κ1) is 15.3. The number of para-hydroxylation sites is 1. The summed E-state index contributed by atoms with van der Waals surface area (Å²) in [5.41, 5.74) is 11.3. The van der Waals surface area contributed by atoms with Gasteiger partial charge in [-0.25, -0.2) is 9.98 Å². The van der Waals surface area contributed by atoms with Gasteiger partial charge in [-0.3, -0.25) is 0 Å². The summed E-state index contributed by atoms with van der Waals surface area (Å²) in [7, 11) is 0. The number of anilines is 1. The lowest BCUT2D eigenvalue weighted by molar-refractivity contribution is 1.30. The molecule has 0 bridgehead atoms. The summed E-state index contributed by atoms with van der Waals surface area (Å²) in [4.78, 5) is 8.81. The molecule has 1 aromatic heterocycles. The molecule has 0 spiro atoms. The molecule has 0 saturated carbocycles. The molecule has 0 saturated heterocycles. The van der Waals surface area contributed by atoms with Crippen LogP contribution in [0.3, 0.4) is 0 Å². The lowest BCUT2D eigenvalue weighted by atomic mass is 9.99. The van der Waals surface area contributed by atoms with Gasteiger partial charge in [-0.1, -0.05) is 59.6 Å². The van der Waals surface area contributed by atoms with Crippen LogP contribution in [0.5, 0.6) is 0 Å². The van der Waals surface area contributed by atoms with Gasteiger partial charge in [0.2, 0.25) is 0 Å². The molecule has 3 aromatic rings. The molecule has 2 N–H and O–H groups in total. The summed E-state index contributed by atoms with van der Waals surface area (Å²) in [5.74, 6) is 0. The number of aromatic nitrogens is 1. The van der Waals surface area contributed by atoms with Gasteiger partial charge < -0.3 is 5.73 Å². The van der Waals surface area contributed by atoms with E-state index in [1.165, 1.54) is 5.56 Å². The first-order chi connectivity index (χ1) is 11.1. The number of aryl methyl sites for hydroxylation is 1. The van der Waals surface area contributed by atoms with Gasteiger partial charge >= 0.3 is 0 Å². The summed E-state index contributed by atoms with van der Waals surface area (Å²) >= 11 is 6.16. The summed E-state index contributed by atoms with van der Waals surface area (Å²) in [6.07, 6.45) is 1.64. The lowest BCUT2D eigenvalue weighted by Gasteiger charge is -2.11. The Balaban J connectivity index is 2.20. The van der Waals surface area contributed by atoms with Crippen LogP contribution in [0.25, 0.3) is 0 Å². The van der Waals surface area contributed by atoms with Gasteiger partial charge in [-0.15, -0.1) is 0 Å². The van der Waals surface area contributed by atoms with Gasteiger partial charge in [0, 0.05) is 23.0 Å². The minimum absolute atomic E-state index is 0.367. The Bertz CT molecular complexity index is 854. The molecular formula is C19H16ClN3. The monoisotopic (exact) mass is 321 g/mol. The van der Waals surface area contributed by atoms with Gasteiger partial charge in [0.1, 0.15) is 5.69 Å². The minimum atomic E-state index is 0.367. The highest BCUT2D eigenvalue weighted by Crippen LogP contribution is 2.26. The zero-order valence-corrected chi connectivity index (χ0v) is 13.5. The van der Waals surface area contributed by atoms with Crippen molar-refractivity contribution in [2.24, 2.45) is 4.99 Å². The van der Waals surface area contributed by atoms with Crippen LogP contribution in [-0.4, -0.2) is 10.7 Å². The second-order valence-electron chi connectivity index (χ2n) is 5.23. The lowest BCUT2D eigenvalue weighted by Crippen LogP contribution is -2.06. The average Bonchev–Trinajstić information content (AvgIpc) is 2.56. The molecule has 1 heterocycles. The van der Waals surface area contributed by atoms with E-state index in [1.54, 1.807) is 6.20 Å². The fourth-order valence-electron chi connectivity index (χ4n) is 2.29. The van der Waals surface area contributed by atoms with E-state index in [2.05, 4.69) is 24.0 Å². The van der Waals surface area contributed by atoms with Crippen LogP contribution in [-0.2, 0) is 0 Å². The average molecular weight is 322 g/mol. The Morgan fingerprint density at radius 2 is 1.74 bits per heavy atom. The number of halogens is 1. The van der Waals surface area contributed by atoms with E-state index >= 15 is 0 Å². The first-order valence-electron chi connectivity index (χ1n) is 7.26. The van der Waals surface area contributed by atoms with Crippen molar-refractivity contribution in [2.75, 3.05) is 5.73 Å². The SMILES string of the molecule is Cc1ccc(/C(=N/c2cccnc2Cl)c2ccccc2N)cc1. The highest BCUT2D eigenvalue weighted by atomic mass is 35.5. The number of hydrogen-bond donors (Lipinski definition) is 1. The third kappa shape index (κ3) is 3.41. The molecule has 2 aromatic carbocycles. The van der Waals surface area contributed by atoms with E-state index in [-0.39, 0.29) is 0 Å². The quantitative estimate of drug-likeness (QED) is 0.428. The molecule has 3 rings (SSSR count). The van der Waals surface area contributed by atoms with Crippen molar-refractivity contribution in [3.63, 3.8) is 0 Å². The number of hydrogen-bond acceptors (Lipinski definition) is 3. The maximum absolute atomic E-state index is 6.16. The van der Waals surface area contributed by atoms with Crippen molar-refractivity contribution in [2.45, 2.75) is 6.92 Å². The Hall–Kier alpha value is -2.65. The van der Waals surface area contributed by atoms with E-state index in [0.29, 0.717) is 16.5 Å². The van der Waals surface area contributed by atoms with E-state index < -0.39 is 0 Å². The predicted molar refractivity (Wildman–Crippen MR) is 96.6 cm³/mol. The van der Waals surface area contributed by atoms with Crippen molar-refractivity contribution in [1.29, 1.82) is 0 Å². The van der Waals surface area contributed by atoms with E-state index in [9.17, 15) is 0 Å². The van der Waals surface area contributed by atoms with Gasteiger partial charge in [-0.05, 0) is 25.1 Å². The Morgan fingerprint density at radius 1 is 1.00 bits per heavy atom. The number of pyridine rings is 1. The number of nitrogen functional groups attached to an aromatic ring is 1. The van der Waals surface area contributed by atoms with Crippen LogP contribution in [0.2, 0.25) is 5.15 Å². The maximum atomic E-state index is 6.16. The number of nitrogens with two attached hydrogens (primary N) is 1. The molecule has 0 aliphatic heterocycles. The third-order valence-electron chi connectivity index (χ3n) is 3.51. The van der Waals surface area contributed by atoms with Crippen LogP contribution >= 0.6 is 11.6 Å². The van der Waals surface area contributed by atoms with E-state index in [4.69, 9.17) is 22.3 Å². The molecule has 23 heavy (non-hydrogen) atoms. The smallest absolute Gasteiger partial charge is 0.154 e. The highest BCUT2D eigenvalue weighted by Gasteiger charge is 2.11. The number of rotatable bonds is 3. The molecule has 0 aliphatic rings. The van der Waals surface area contributed by atoms with Crippen LogP contribution < -0.4 is 5.73 Å². The second-order valence-corrected chi connectivity index (χ2v) is 5.59. The molecule has 0 atom stereocenters. The largest absolute Gasteiger partial charge is 0.398 e. The zero-order chi connectivity index (χ0) is 16.2. The van der Waals surface area contributed by atoms with Crippen molar-refractivity contribution in [3.05, 3.63) is 88.7 Å². The summed E-state index contributed by atoms with van der Waals surface area (Å²) < 4.78 is 0. The van der Waals surface area contributed by atoms with Crippen LogP contribution in [0.15, 0.2) is 71.9 Å². The molecule has 0 fully saturated rings. The van der Waals surface area contributed by atoms with Crippen LogP contribution in [0.1, 0.15) is 16.7 Å². The second kappa shape index (κ2) is 6.63. The molecule has 0 unspecified atom stereocenters. The Kier molecular flexibility index (Phi) is 4.40. The fraction of sp³-hybridized carbons (Fsp3) is 0.0526. The fourth-order valence-corrected chi connectivity index (χ4v) is 2.45.